The fourth-order valence-corrected chi connectivity index (χ4v) is 4.77. The van der Waals surface area contributed by atoms with Crippen LogP contribution >= 0.6 is 0 Å². The Morgan fingerprint density at radius 1 is 1.13 bits per heavy atom. The summed E-state index contributed by atoms with van der Waals surface area (Å²) in [5.41, 5.74) is 2.89. The highest BCUT2D eigenvalue weighted by Gasteiger charge is 2.33. The summed E-state index contributed by atoms with van der Waals surface area (Å²) >= 11 is 0. The number of rotatable bonds is 3. The normalized spacial score (nSPS) is 18.1. The molecule has 1 unspecified atom stereocenters. The zero-order valence-corrected chi connectivity index (χ0v) is 14.1. The van der Waals surface area contributed by atoms with Crippen LogP contribution < -0.4 is 4.31 Å². The van der Waals surface area contributed by atoms with Gasteiger partial charge in [-0.2, -0.15) is 0 Å². The molecule has 0 N–H and O–H groups in total. The lowest BCUT2D eigenvalue weighted by Gasteiger charge is -2.30. The lowest BCUT2D eigenvalue weighted by Crippen LogP contribution is -2.39. The Hall–Kier alpha value is -2.07. The summed E-state index contributed by atoms with van der Waals surface area (Å²) in [4.78, 5) is 0.326. The topological polar surface area (TPSA) is 37.4 Å². The molecule has 0 saturated carbocycles. The van der Waals surface area contributed by atoms with Crippen molar-refractivity contribution >= 4 is 15.7 Å². The Labute approximate surface area is 138 Å². The van der Waals surface area contributed by atoms with Crippen molar-refractivity contribution in [2.24, 2.45) is 0 Å². The number of anilines is 1. The zero-order valence-electron chi connectivity index (χ0n) is 13.3. The van der Waals surface area contributed by atoms with E-state index in [1.807, 2.05) is 43.3 Å². The fraction of sp³-hybridized carbons (Fsp3) is 0.263. The van der Waals surface area contributed by atoms with Crippen LogP contribution in [0.2, 0.25) is 0 Å². The number of fused-ring (bicyclic) bond motifs is 1. The first-order chi connectivity index (χ1) is 11.0. The molecule has 2 aromatic carbocycles. The largest absolute Gasteiger partial charge is 0.264 e. The molecular weight excluding hydrogens is 306 g/mol. The molecule has 0 spiro atoms. The van der Waals surface area contributed by atoms with Gasteiger partial charge in [-0.3, -0.25) is 4.31 Å². The van der Waals surface area contributed by atoms with Gasteiger partial charge in [-0.1, -0.05) is 42.0 Å². The van der Waals surface area contributed by atoms with Crippen molar-refractivity contribution in [2.45, 2.75) is 37.1 Å². The molecule has 1 atom stereocenters. The van der Waals surface area contributed by atoms with Gasteiger partial charge in [0.1, 0.15) is 0 Å². The Kier molecular flexibility index (Phi) is 4.26. The highest BCUT2D eigenvalue weighted by molar-refractivity contribution is 7.92. The Morgan fingerprint density at radius 2 is 1.83 bits per heavy atom. The average molecular weight is 327 g/mol. The van der Waals surface area contributed by atoms with Gasteiger partial charge >= 0.3 is 0 Å². The van der Waals surface area contributed by atoms with E-state index in [4.69, 9.17) is 0 Å². The third-order valence-electron chi connectivity index (χ3n) is 4.33. The van der Waals surface area contributed by atoms with E-state index in [9.17, 15) is 8.42 Å². The average Bonchev–Trinajstić information content (AvgIpc) is 2.74. The maximum absolute atomic E-state index is 13.3. The van der Waals surface area contributed by atoms with Crippen molar-refractivity contribution in [2.75, 3.05) is 4.31 Å². The molecule has 0 aromatic heterocycles. The van der Waals surface area contributed by atoms with E-state index < -0.39 is 10.0 Å². The molecular formula is C19H21NO2S. The third kappa shape index (κ3) is 2.91. The van der Waals surface area contributed by atoms with E-state index in [2.05, 4.69) is 6.58 Å². The molecule has 0 amide bonds. The smallest absolute Gasteiger partial charge is 0.259 e. The molecule has 1 heterocycles. The van der Waals surface area contributed by atoms with Crippen LogP contribution in [0.3, 0.4) is 0 Å². The predicted octanol–water partition coefficient (Wildman–Crippen LogP) is 4.08. The van der Waals surface area contributed by atoms with E-state index >= 15 is 0 Å². The molecule has 23 heavy (non-hydrogen) atoms. The monoisotopic (exact) mass is 327 g/mol. The maximum Gasteiger partial charge on any atom is 0.264 e. The van der Waals surface area contributed by atoms with Crippen LogP contribution in [0.4, 0.5) is 5.69 Å². The number of aryl methyl sites for hydroxylation is 2. The van der Waals surface area contributed by atoms with Crippen molar-refractivity contribution in [3.8, 4) is 0 Å². The first-order valence-electron chi connectivity index (χ1n) is 7.85. The van der Waals surface area contributed by atoms with Crippen LogP contribution in [0, 0.1) is 6.92 Å². The lowest BCUT2D eigenvalue weighted by molar-refractivity contribution is 0.580. The minimum atomic E-state index is -3.61. The minimum Gasteiger partial charge on any atom is -0.259 e. The van der Waals surface area contributed by atoms with Crippen molar-refractivity contribution < 1.29 is 8.42 Å². The fourth-order valence-electron chi connectivity index (χ4n) is 3.08. The second-order valence-electron chi connectivity index (χ2n) is 5.94. The second kappa shape index (κ2) is 6.20. The van der Waals surface area contributed by atoms with Gasteiger partial charge in [-0.15, -0.1) is 6.58 Å². The molecule has 2 aromatic rings. The van der Waals surface area contributed by atoms with Gasteiger partial charge in [0.25, 0.3) is 10.0 Å². The van der Waals surface area contributed by atoms with Gasteiger partial charge in [-0.05, 0) is 49.9 Å². The van der Waals surface area contributed by atoms with Crippen molar-refractivity contribution in [3.05, 3.63) is 72.3 Å². The van der Waals surface area contributed by atoms with E-state index in [-0.39, 0.29) is 6.04 Å². The second-order valence-corrected chi connectivity index (χ2v) is 7.75. The van der Waals surface area contributed by atoms with Crippen LogP contribution in [0.1, 0.15) is 24.0 Å². The molecule has 3 rings (SSSR count). The molecule has 4 heteroatoms. The SMILES string of the molecule is C=CC1CCCc2ccccc2N1S(=O)(=O)c1ccc(C)cc1. The van der Waals surface area contributed by atoms with Gasteiger partial charge in [-0.25, -0.2) is 8.42 Å². The molecule has 0 saturated heterocycles. The molecule has 1 aliphatic rings. The Bertz CT molecular complexity index is 810. The minimum absolute atomic E-state index is 0.218. The summed E-state index contributed by atoms with van der Waals surface area (Å²) in [6.45, 7) is 5.81. The summed E-state index contributed by atoms with van der Waals surface area (Å²) in [5, 5.41) is 0. The zero-order chi connectivity index (χ0) is 16.4. The van der Waals surface area contributed by atoms with Gasteiger partial charge in [0.2, 0.25) is 0 Å². The number of hydrogen-bond donors (Lipinski definition) is 0. The molecule has 0 radical (unpaired) electrons. The van der Waals surface area contributed by atoms with Crippen molar-refractivity contribution in [1.29, 1.82) is 0 Å². The first kappa shape index (κ1) is 15.8. The maximum atomic E-state index is 13.3. The van der Waals surface area contributed by atoms with Crippen molar-refractivity contribution in [1.82, 2.24) is 0 Å². The Morgan fingerprint density at radius 3 is 2.52 bits per heavy atom. The molecule has 3 nitrogen and oxygen atoms in total. The van der Waals surface area contributed by atoms with Crippen LogP contribution in [0.25, 0.3) is 0 Å². The van der Waals surface area contributed by atoms with Gasteiger partial charge < -0.3 is 0 Å². The van der Waals surface area contributed by atoms with Gasteiger partial charge in [0, 0.05) is 0 Å². The summed E-state index contributed by atoms with van der Waals surface area (Å²) in [6, 6.07) is 14.6. The van der Waals surface area contributed by atoms with Gasteiger partial charge in [0.15, 0.2) is 0 Å². The Balaban J connectivity index is 2.17. The standard InChI is InChI=1S/C19H21NO2S/c1-3-17-9-6-8-16-7-4-5-10-19(16)20(17)23(21,22)18-13-11-15(2)12-14-18/h3-5,7,10-14,17H,1,6,8-9H2,2H3. The van der Waals surface area contributed by atoms with Crippen molar-refractivity contribution in [3.63, 3.8) is 0 Å². The lowest BCUT2D eigenvalue weighted by atomic mass is 10.1. The van der Waals surface area contributed by atoms with E-state index in [0.717, 1.165) is 36.1 Å². The van der Waals surface area contributed by atoms with Crippen LogP contribution in [0.5, 0.6) is 0 Å². The van der Waals surface area contributed by atoms with Gasteiger partial charge in [0.05, 0.1) is 16.6 Å². The van der Waals surface area contributed by atoms with Crippen LogP contribution in [-0.2, 0) is 16.4 Å². The third-order valence-corrected chi connectivity index (χ3v) is 6.18. The number of nitrogens with zero attached hydrogens (tertiary/aromatic N) is 1. The molecule has 120 valence electrons. The summed E-state index contributed by atoms with van der Waals surface area (Å²) in [5.74, 6) is 0. The summed E-state index contributed by atoms with van der Waals surface area (Å²) < 4.78 is 28.1. The van der Waals surface area contributed by atoms with Crippen LogP contribution in [0.15, 0.2) is 66.1 Å². The molecule has 0 bridgehead atoms. The number of benzene rings is 2. The number of hydrogen-bond acceptors (Lipinski definition) is 2. The van der Waals surface area contributed by atoms with E-state index in [1.54, 1.807) is 22.5 Å². The molecule has 0 fully saturated rings. The summed E-state index contributed by atoms with van der Waals surface area (Å²) in [7, 11) is -3.61. The predicted molar refractivity (Wildman–Crippen MR) is 94.2 cm³/mol. The first-order valence-corrected chi connectivity index (χ1v) is 9.29. The number of para-hydroxylation sites is 1. The highest BCUT2D eigenvalue weighted by atomic mass is 32.2. The summed E-state index contributed by atoms with van der Waals surface area (Å²) in [6.07, 6.45) is 4.37. The number of sulfonamides is 1. The quantitative estimate of drug-likeness (QED) is 0.797. The molecule has 0 aliphatic carbocycles. The highest BCUT2D eigenvalue weighted by Crippen LogP contribution is 2.34. The van der Waals surface area contributed by atoms with E-state index in [1.165, 1.54) is 0 Å². The van der Waals surface area contributed by atoms with Crippen LogP contribution in [-0.4, -0.2) is 14.5 Å². The molecule has 1 aliphatic heterocycles. The van der Waals surface area contributed by atoms with E-state index in [0.29, 0.717) is 4.90 Å².